The van der Waals surface area contributed by atoms with Crippen LogP contribution in [0.3, 0.4) is 0 Å². The molecule has 0 aliphatic carbocycles. The van der Waals surface area contributed by atoms with Crippen molar-refractivity contribution in [2.24, 2.45) is 0 Å². The molecular weight excluding hydrogens is 374 g/mol. The molecule has 1 unspecified atom stereocenters. The molecule has 0 aromatic carbocycles. The van der Waals surface area contributed by atoms with Gasteiger partial charge in [-0.3, -0.25) is 14.9 Å². The zero-order chi connectivity index (χ0) is 20.3. The third kappa shape index (κ3) is 4.10. The second-order valence-electron chi connectivity index (χ2n) is 7.97. The fraction of sp³-hybridized carbons (Fsp3) is 0.714. The van der Waals surface area contributed by atoms with E-state index in [-0.39, 0.29) is 23.5 Å². The molecule has 2 fully saturated rings. The Bertz CT molecular complexity index is 710. The summed E-state index contributed by atoms with van der Waals surface area (Å²) in [4.78, 5) is 29.9. The highest BCUT2D eigenvalue weighted by Gasteiger charge is 2.51. The summed E-state index contributed by atoms with van der Waals surface area (Å²) in [5.74, 6) is 2.69. The normalized spacial score (nSPS) is 21.7. The molecule has 1 spiro atoms. The standard InChI is InChI=1S/C21H33N3O3S/c1-5-6-10-24-20(26)18(7-13-28-4)22-21(24)8-11-23(12-9-21)19(25)17-14-15(2)27-16(17)3/h14,18,22H,5-13H2,1-4H3. The largest absolute Gasteiger partial charge is 0.466 e. The molecule has 0 bridgehead atoms. The van der Waals surface area contributed by atoms with E-state index in [4.69, 9.17) is 4.42 Å². The highest BCUT2D eigenvalue weighted by atomic mass is 32.2. The maximum Gasteiger partial charge on any atom is 0.257 e. The lowest BCUT2D eigenvalue weighted by Gasteiger charge is -2.44. The van der Waals surface area contributed by atoms with E-state index in [0.717, 1.165) is 50.2 Å². The van der Waals surface area contributed by atoms with Crippen LogP contribution in [0.15, 0.2) is 10.5 Å². The van der Waals surface area contributed by atoms with Crippen molar-refractivity contribution in [2.45, 2.75) is 64.6 Å². The Kier molecular flexibility index (Phi) is 6.76. The van der Waals surface area contributed by atoms with Gasteiger partial charge < -0.3 is 14.2 Å². The van der Waals surface area contributed by atoms with Gasteiger partial charge in [-0.2, -0.15) is 11.8 Å². The molecule has 2 amide bonds. The van der Waals surface area contributed by atoms with Gasteiger partial charge in [-0.25, -0.2) is 0 Å². The van der Waals surface area contributed by atoms with Crippen molar-refractivity contribution < 1.29 is 14.0 Å². The molecule has 2 saturated heterocycles. The van der Waals surface area contributed by atoms with Crippen LogP contribution in [0.4, 0.5) is 0 Å². The number of rotatable bonds is 7. The number of carbonyl (C=O) groups excluding carboxylic acids is 2. The quantitative estimate of drug-likeness (QED) is 0.752. The Hall–Kier alpha value is -1.47. The Labute approximate surface area is 172 Å². The fourth-order valence-electron chi connectivity index (χ4n) is 4.44. The summed E-state index contributed by atoms with van der Waals surface area (Å²) in [7, 11) is 0. The minimum Gasteiger partial charge on any atom is -0.466 e. The van der Waals surface area contributed by atoms with Gasteiger partial charge in [-0.05, 0) is 44.8 Å². The first-order valence-electron chi connectivity index (χ1n) is 10.4. The Balaban J connectivity index is 1.71. The average Bonchev–Trinajstić information content (AvgIpc) is 3.15. The minimum absolute atomic E-state index is 0.0348. The van der Waals surface area contributed by atoms with Crippen LogP contribution in [-0.4, -0.2) is 65.0 Å². The molecule has 1 aromatic rings. The van der Waals surface area contributed by atoms with Gasteiger partial charge in [0.15, 0.2) is 0 Å². The summed E-state index contributed by atoms with van der Waals surface area (Å²) in [6.07, 6.45) is 6.58. The molecule has 3 heterocycles. The number of unbranched alkanes of at least 4 members (excludes halogenated alkanes) is 1. The second-order valence-corrected chi connectivity index (χ2v) is 8.96. The molecule has 7 heteroatoms. The number of piperidine rings is 1. The van der Waals surface area contributed by atoms with E-state index < -0.39 is 0 Å². The van der Waals surface area contributed by atoms with Gasteiger partial charge in [-0.1, -0.05) is 13.3 Å². The molecular formula is C21H33N3O3S. The summed E-state index contributed by atoms with van der Waals surface area (Å²) in [6, 6.07) is 1.73. The lowest BCUT2D eigenvalue weighted by atomic mass is 9.95. The van der Waals surface area contributed by atoms with Crippen LogP contribution in [0.5, 0.6) is 0 Å². The zero-order valence-corrected chi connectivity index (χ0v) is 18.4. The average molecular weight is 408 g/mol. The van der Waals surface area contributed by atoms with Crippen molar-refractivity contribution in [3.8, 4) is 0 Å². The third-order valence-corrected chi connectivity index (χ3v) is 6.66. The molecule has 0 radical (unpaired) electrons. The van der Waals surface area contributed by atoms with Gasteiger partial charge in [-0.15, -0.1) is 0 Å². The Morgan fingerprint density at radius 3 is 2.64 bits per heavy atom. The number of hydrogen-bond donors (Lipinski definition) is 1. The first-order chi connectivity index (χ1) is 13.4. The third-order valence-electron chi connectivity index (χ3n) is 6.02. The number of carbonyl (C=O) groups is 2. The molecule has 1 N–H and O–H groups in total. The van der Waals surface area contributed by atoms with E-state index >= 15 is 0 Å². The summed E-state index contributed by atoms with van der Waals surface area (Å²) < 4.78 is 5.53. The minimum atomic E-state index is -0.298. The number of likely N-dealkylation sites (tertiary alicyclic amines) is 1. The van der Waals surface area contributed by atoms with E-state index in [1.807, 2.05) is 24.8 Å². The SMILES string of the molecule is CCCCN1C(=O)C(CCSC)NC12CCN(C(=O)c1cc(C)oc1C)CC2. The highest BCUT2D eigenvalue weighted by Crippen LogP contribution is 2.34. The first kappa shape index (κ1) is 21.2. The Morgan fingerprint density at radius 2 is 2.07 bits per heavy atom. The predicted octanol–water partition coefficient (Wildman–Crippen LogP) is 3.18. The molecule has 0 saturated carbocycles. The van der Waals surface area contributed by atoms with Crippen molar-refractivity contribution in [3.63, 3.8) is 0 Å². The van der Waals surface area contributed by atoms with Gasteiger partial charge >= 0.3 is 0 Å². The van der Waals surface area contributed by atoms with Gasteiger partial charge in [0.2, 0.25) is 5.91 Å². The van der Waals surface area contributed by atoms with Crippen LogP contribution in [-0.2, 0) is 4.79 Å². The summed E-state index contributed by atoms with van der Waals surface area (Å²) in [5, 5.41) is 3.67. The molecule has 2 aliphatic rings. The van der Waals surface area contributed by atoms with Crippen LogP contribution >= 0.6 is 11.8 Å². The van der Waals surface area contributed by atoms with E-state index in [1.165, 1.54) is 0 Å². The zero-order valence-electron chi connectivity index (χ0n) is 17.5. The van der Waals surface area contributed by atoms with Crippen molar-refractivity contribution in [1.82, 2.24) is 15.1 Å². The maximum absolute atomic E-state index is 13.0. The summed E-state index contributed by atoms with van der Waals surface area (Å²) in [5.41, 5.74) is 0.359. The van der Waals surface area contributed by atoms with Gasteiger partial charge in [0.25, 0.3) is 5.91 Å². The van der Waals surface area contributed by atoms with Crippen LogP contribution < -0.4 is 5.32 Å². The maximum atomic E-state index is 13.0. The van der Waals surface area contributed by atoms with Crippen LogP contribution in [0.1, 0.15) is 60.9 Å². The van der Waals surface area contributed by atoms with Crippen molar-refractivity contribution in [2.75, 3.05) is 31.6 Å². The number of thioether (sulfide) groups is 1. The van der Waals surface area contributed by atoms with Crippen molar-refractivity contribution in [1.29, 1.82) is 0 Å². The summed E-state index contributed by atoms with van der Waals surface area (Å²) in [6.45, 7) is 7.96. The molecule has 6 nitrogen and oxygen atoms in total. The molecule has 2 aliphatic heterocycles. The predicted molar refractivity (Wildman–Crippen MR) is 113 cm³/mol. The van der Waals surface area contributed by atoms with Crippen molar-refractivity contribution in [3.05, 3.63) is 23.2 Å². The molecule has 1 atom stereocenters. The smallest absolute Gasteiger partial charge is 0.257 e. The van der Waals surface area contributed by atoms with Gasteiger partial charge in [0.1, 0.15) is 11.5 Å². The highest BCUT2D eigenvalue weighted by molar-refractivity contribution is 7.98. The lowest BCUT2D eigenvalue weighted by molar-refractivity contribution is -0.133. The monoisotopic (exact) mass is 407 g/mol. The van der Waals surface area contributed by atoms with Crippen molar-refractivity contribution >= 4 is 23.6 Å². The molecule has 1 aromatic heterocycles. The molecule has 156 valence electrons. The topological polar surface area (TPSA) is 65.8 Å². The summed E-state index contributed by atoms with van der Waals surface area (Å²) >= 11 is 1.78. The number of furan rings is 1. The van der Waals surface area contributed by atoms with E-state index in [1.54, 1.807) is 11.8 Å². The van der Waals surface area contributed by atoms with Crippen LogP contribution in [0.2, 0.25) is 0 Å². The number of nitrogens with zero attached hydrogens (tertiary/aromatic N) is 2. The van der Waals surface area contributed by atoms with E-state index in [0.29, 0.717) is 24.4 Å². The van der Waals surface area contributed by atoms with E-state index in [2.05, 4.69) is 23.4 Å². The molecule has 3 rings (SSSR count). The van der Waals surface area contributed by atoms with Gasteiger partial charge in [0, 0.05) is 32.5 Å². The lowest BCUT2D eigenvalue weighted by Crippen LogP contribution is -2.59. The fourth-order valence-corrected chi connectivity index (χ4v) is 4.91. The van der Waals surface area contributed by atoms with Crippen LogP contribution in [0, 0.1) is 13.8 Å². The number of hydrogen-bond acceptors (Lipinski definition) is 5. The van der Waals surface area contributed by atoms with Crippen LogP contribution in [0.25, 0.3) is 0 Å². The first-order valence-corrected chi connectivity index (χ1v) is 11.8. The number of amides is 2. The Morgan fingerprint density at radius 1 is 1.36 bits per heavy atom. The van der Waals surface area contributed by atoms with E-state index in [9.17, 15) is 9.59 Å². The number of aryl methyl sites for hydroxylation is 2. The van der Waals surface area contributed by atoms with Gasteiger partial charge in [0.05, 0.1) is 17.3 Å². The second kappa shape index (κ2) is 8.91. The number of nitrogens with one attached hydrogen (secondary N) is 1. The molecule has 28 heavy (non-hydrogen) atoms.